The molecule has 2 aliphatic rings. The van der Waals surface area contributed by atoms with E-state index >= 15 is 0 Å². The van der Waals surface area contributed by atoms with E-state index < -0.39 is 0 Å². The van der Waals surface area contributed by atoms with Crippen molar-refractivity contribution in [1.82, 2.24) is 9.88 Å². The van der Waals surface area contributed by atoms with Crippen LogP contribution < -0.4 is 9.47 Å². The highest BCUT2D eigenvalue weighted by Gasteiger charge is 2.54. The number of aromatic amines is 1. The lowest BCUT2D eigenvalue weighted by Gasteiger charge is -2.40. The summed E-state index contributed by atoms with van der Waals surface area (Å²) in [5, 5.41) is 1.27. The van der Waals surface area contributed by atoms with Gasteiger partial charge in [0.15, 0.2) is 0 Å². The van der Waals surface area contributed by atoms with Crippen molar-refractivity contribution in [3.05, 3.63) is 59.3 Å². The van der Waals surface area contributed by atoms with E-state index in [0.717, 1.165) is 47.7 Å². The van der Waals surface area contributed by atoms with Crippen molar-refractivity contribution in [2.45, 2.75) is 31.2 Å². The molecule has 1 aromatic heterocycles. The summed E-state index contributed by atoms with van der Waals surface area (Å²) in [7, 11) is 3.32. The van der Waals surface area contributed by atoms with E-state index in [1.165, 1.54) is 10.9 Å². The lowest BCUT2D eigenvalue weighted by Crippen LogP contribution is -2.44. The highest BCUT2D eigenvalue weighted by Crippen LogP contribution is 2.58. The normalized spacial score (nSPS) is 19.5. The zero-order valence-corrected chi connectivity index (χ0v) is 16.4. The summed E-state index contributed by atoms with van der Waals surface area (Å²) >= 11 is 0. The number of hydrogen-bond donors (Lipinski definition) is 1. The van der Waals surface area contributed by atoms with Crippen molar-refractivity contribution in [2.24, 2.45) is 0 Å². The van der Waals surface area contributed by atoms with Crippen LogP contribution in [0.4, 0.5) is 0 Å². The second kappa shape index (κ2) is 6.03. The van der Waals surface area contributed by atoms with E-state index in [0.29, 0.717) is 0 Å². The van der Waals surface area contributed by atoms with Crippen LogP contribution in [0.3, 0.4) is 0 Å². The number of benzene rings is 2. The number of methoxy groups -OCH3 is 2. The number of hydrogen-bond acceptors (Lipinski definition) is 3. The first-order valence-corrected chi connectivity index (χ1v) is 9.68. The molecule has 28 heavy (non-hydrogen) atoms. The number of ether oxygens (including phenoxy) is 2. The number of carbonyl (C=O) groups excluding carboxylic acids is 1. The van der Waals surface area contributed by atoms with Crippen molar-refractivity contribution in [1.29, 1.82) is 0 Å². The Hall–Kier alpha value is -2.95. The maximum Gasteiger partial charge on any atom is 0.220 e. The molecule has 3 aromatic rings. The summed E-state index contributed by atoms with van der Waals surface area (Å²) in [5.74, 6) is 1.59. The fraction of sp³-hybridized carbons (Fsp3) is 0.348. The Morgan fingerprint density at radius 1 is 1.14 bits per heavy atom. The number of nitrogens with one attached hydrogen (secondary N) is 1. The zero-order chi connectivity index (χ0) is 19.5. The summed E-state index contributed by atoms with van der Waals surface area (Å²) in [6.07, 6.45) is 2.24. The van der Waals surface area contributed by atoms with Gasteiger partial charge in [-0.15, -0.1) is 0 Å². The number of carbonyl (C=O) groups is 1. The average Bonchev–Trinajstić information content (AvgIpc) is 3.36. The summed E-state index contributed by atoms with van der Waals surface area (Å²) < 4.78 is 11.1. The van der Waals surface area contributed by atoms with Gasteiger partial charge in [0.25, 0.3) is 0 Å². The molecule has 5 heteroatoms. The Bertz CT molecular complexity index is 1080. The van der Waals surface area contributed by atoms with Gasteiger partial charge in [-0.3, -0.25) is 4.79 Å². The van der Waals surface area contributed by atoms with Gasteiger partial charge in [0.2, 0.25) is 5.91 Å². The summed E-state index contributed by atoms with van der Waals surface area (Å²) in [6, 6.07) is 14.0. The van der Waals surface area contributed by atoms with Crippen LogP contribution in [0, 0.1) is 0 Å². The summed E-state index contributed by atoms with van der Waals surface area (Å²) in [5.41, 5.74) is 4.61. The maximum absolute atomic E-state index is 12.7. The van der Waals surface area contributed by atoms with Gasteiger partial charge < -0.3 is 19.4 Å². The van der Waals surface area contributed by atoms with E-state index in [4.69, 9.17) is 9.47 Å². The number of nitrogens with zero attached hydrogens (tertiary/aromatic N) is 1. The molecule has 1 fully saturated rings. The Morgan fingerprint density at radius 2 is 1.93 bits per heavy atom. The number of rotatable bonds is 3. The molecular weight excluding hydrogens is 352 g/mol. The van der Waals surface area contributed by atoms with Crippen LogP contribution in [0.15, 0.2) is 42.5 Å². The quantitative estimate of drug-likeness (QED) is 0.746. The van der Waals surface area contributed by atoms with Gasteiger partial charge in [-0.2, -0.15) is 0 Å². The smallest absolute Gasteiger partial charge is 0.220 e. The van der Waals surface area contributed by atoms with Crippen molar-refractivity contribution < 1.29 is 14.3 Å². The van der Waals surface area contributed by atoms with Gasteiger partial charge in [0.05, 0.1) is 14.2 Å². The predicted molar refractivity (Wildman–Crippen MR) is 108 cm³/mol. The standard InChI is InChI=1S/C23H24N2O3/c1-14(26)25-13-23(10-11-23)20-16-6-4-5-7-18(16)24-21(20)22(25)17-12-15(27-2)8-9-19(17)28-3/h4-9,12,22,24H,10-11,13H2,1-3H3. The monoisotopic (exact) mass is 376 g/mol. The molecule has 1 amide bonds. The van der Waals surface area contributed by atoms with Gasteiger partial charge in [0, 0.05) is 41.0 Å². The predicted octanol–water partition coefficient (Wildman–Crippen LogP) is 4.17. The second-order valence-corrected chi connectivity index (χ2v) is 7.90. The third-order valence-electron chi connectivity index (χ3n) is 6.31. The highest BCUT2D eigenvalue weighted by atomic mass is 16.5. The number of H-pyrrole nitrogens is 1. The number of fused-ring (bicyclic) bond motifs is 4. The minimum absolute atomic E-state index is 0.0726. The van der Waals surface area contributed by atoms with Crippen LogP contribution in [0.5, 0.6) is 11.5 Å². The number of para-hydroxylation sites is 1. The van der Waals surface area contributed by atoms with Crippen LogP contribution in [-0.4, -0.2) is 36.6 Å². The number of amides is 1. The van der Waals surface area contributed by atoms with Gasteiger partial charge >= 0.3 is 0 Å². The van der Waals surface area contributed by atoms with Crippen molar-refractivity contribution in [2.75, 3.05) is 20.8 Å². The molecule has 1 atom stereocenters. The molecule has 0 saturated heterocycles. The largest absolute Gasteiger partial charge is 0.497 e. The number of aromatic nitrogens is 1. The lowest BCUT2D eigenvalue weighted by atomic mass is 9.83. The third-order valence-corrected chi connectivity index (χ3v) is 6.31. The minimum Gasteiger partial charge on any atom is -0.497 e. The van der Waals surface area contributed by atoms with E-state index in [2.05, 4.69) is 23.2 Å². The van der Waals surface area contributed by atoms with Crippen LogP contribution in [0.25, 0.3) is 10.9 Å². The van der Waals surface area contributed by atoms with Crippen molar-refractivity contribution >= 4 is 16.8 Å². The topological polar surface area (TPSA) is 54.6 Å². The Labute approximate surface area is 164 Å². The van der Waals surface area contributed by atoms with Gasteiger partial charge in [-0.1, -0.05) is 18.2 Å². The molecule has 5 nitrogen and oxygen atoms in total. The van der Waals surface area contributed by atoms with E-state index in [-0.39, 0.29) is 17.4 Å². The summed E-state index contributed by atoms with van der Waals surface area (Å²) in [4.78, 5) is 18.3. The van der Waals surface area contributed by atoms with E-state index in [1.54, 1.807) is 21.1 Å². The third kappa shape index (κ3) is 2.35. The molecule has 1 spiro atoms. The molecular formula is C23H24N2O3. The fourth-order valence-corrected chi connectivity index (χ4v) is 4.82. The Balaban J connectivity index is 1.80. The molecule has 5 rings (SSSR count). The van der Waals surface area contributed by atoms with Crippen LogP contribution >= 0.6 is 0 Å². The highest BCUT2D eigenvalue weighted by molar-refractivity contribution is 5.88. The molecule has 0 radical (unpaired) electrons. The molecule has 2 aromatic carbocycles. The van der Waals surface area contributed by atoms with Crippen molar-refractivity contribution in [3.63, 3.8) is 0 Å². The molecule has 144 valence electrons. The van der Waals surface area contributed by atoms with Gasteiger partial charge in [-0.05, 0) is 42.7 Å². The first kappa shape index (κ1) is 17.2. The van der Waals surface area contributed by atoms with Crippen LogP contribution in [0.2, 0.25) is 0 Å². The fourth-order valence-electron chi connectivity index (χ4n) is 4.82. The molecule has 1 aliphatic carbocycles. The Morgan fingerprint density at radius 3 is 2.61 bits per heavy atom. The molecule has 1 unspecified atom stereocenters. The van der Waals surface area contributed by atoms with Gasteiger partial charge in [0.1, 0.15) is 17.5 Å². The Kier molecular flexibility index (Phi) is 3.69. The lowest BCUT2D eigenvalue weighted by molar-refractivity contribution is -0.131. The second-order valence-electron chi connectivity index (χ2n) is 7.90. The maximum atomic E-state index is 12.7. The molecule has 0 bridgehead atoms. The minimum atomic E-state index is -0.226. The van der Waals surface area contributed by atoms with Crippen molar-refractivity contribution in [3.8, 4) is 11.5 Å². The average molecular weight is 376 g/mol. The first-order valence-electron chi connectivity index (χ1n) is 9.68. The van der Waals surface area contributed by atoms with Crippen LogP contribution in [0.1, 0.15) is 42.6 Å². The molecule has 1 saturated carbocycles. The first-order chi connectivity index (χ1) is 13.6. The van der Waals surface area contributed by atoms with E-state index in [1.807, 2.05) is 29.2 Å². The van der Waals surface area contributed by atoms with Crippen LogP contribution in [-0.2, 0) is 10.2 Å². The molecule has 1 aliphatic heterocycles. The zero-order valence-electron chi connectivity index (χ0n) is 16.4. The molecule has 1 N–H and O–H groups in total. The molecule has 2 heterocycles. The van der Waals surface area contributed by atoms with Gasteiger partial charge in [-0.25, -0.2) is 0 Å². The SMILES string of the molecule is COc1ccc(OC)c(C2c3[nH]c4ccccc4c3C3(CC3)CN2C(C)=O)c1. The summed E-state index contributed by atoms with van der Waals surface area (Å²) in [6.45, 7) is 2.39. The van der Waals surface area contributed by atoms with E-state index in [9.17, 15) is 4.79 Å².